The molecule has 0 bridgehead atoms. The van der Waals surface area contributed by atoms with Crippen LogP contribution in [-0.4, -0.2) is 4.57 Å². The predicted octanol–water partition coefficient (Wildman–Crippen LogP) is 10.0. The Morgan fingerprint density at radius 3 is 2.10 bits per heavy atom. The van der Waals surface area contributed by atoms with Crippen molar-refractivity contribution in [2.45, 2.75) is 52.4 Å². The van der Waals surface area contributed by atoms with E-state index in [1.807, 2.05) is 0 Å². The van der Waals surface area contributed by atoms with Crippen LogP contribution in [0, 0.1) is 13.8 Å². The standard InChI is InChI=1S/C38H33N/c1-22-14-16-33-27(18-22)28-19-23(2)20-32-36(28)39(33)34-17-15-24(21-31(34)38(32,5)6)25-11-9-13-30-35(25)26-10-7-8-12-29(26)37(30,3)4/h7-21H,1-6H3. The van der Waals surface area contributed by atoms with Gasteiger partial charge in [0.1, 0.15) is 0 Å². The fourth-order valence-corrected chi connectivity index (χ4v) is 7.67. The molecule has 6 aromatic rings. The molecule has 0 unspecified atom stereocenters. The normalized spacial score (nSPS) is 15.8. The second kappa shape index (κ2) is 7.30. The van der Waals surface area contributed by atoms with Crippen LogP contribution in [0.1, 0.15) is 61.1 Å². The third kappa shape index (κ3) is 2.80. The number of nitrogens with zero attached hydrogens (tertiary/aromatic N) is 1. The first-order chi connectivity index (χ1) is 18.7. The quantitative estimate of drug-likeness (QED) is 0.210. The number of benzene rings is 5. The molecule has 2 aliphatic rings. The van der Waals surface area contributed by atoms with Gasteiger partial charge in [0.2, 0.25) is 0 Å². The molecule has 0 radical (unpaired) electrons. The van der Waals surface area contributed by atoms with E-state index in [9.17, 15) is 0 Å². The summed E-state index contributed by atoms with van der Waals surface area (Å²) in [4.78, 5) is 0. The van der Waals surface area contributed by atoms with Crippen molar-refractivity contribution in [1.82, 2.24) is 4.57 Å². The molecule has 190 valence electrons. The highest BCUT2D eigenvalue weighted by Gasteiger charge is 2.38. The monoisotopic (exact) mass is 503 g/mol. The number of fused-ring (bicyclic) bond motifs is 8. The minimum atomic E-state index is -0.121. The van der Waals surface area contributed by atoms with Crippen molar-refractivity contribution >= 4 is 21.8 Å². The number of hydrogen-bond donors (Lipinski definition) is 0. The Balaban J connectivity index is 1.44. The maximum atomic E-state index is 2.52. The zero-order valence-corrected chi connectivity index (χ0v) is 23.6. The van der Waals surface area contributed by atoms with Crippen LogP contribution in [0.4, 0.5) is 0 Å². The zero-order chi connectivity index (χ0) is 26.8. The third-order valence-corrected chi connectivity index (χ3v) is 9.66. The maximum absolute atomic E-state index is 2.52. The number of rotatable bonds is 1. The highest BCUT2D eigenvalue weighted by atomic mass is 15.0. The average Bonchev–Trinajstić information content (AvgIpc) is 3.36. The molecular weight excluding hydrogens is 470 g/mol. The third-order valence-electron chi connectivity index (χ3n) is 9.66. The van der Waals surface area contributed by atoms with Crippen LogP contribution in [-0.2, 0) is 10.8 Å². The van der Waals surface area contributed by atoms with Gasteiger partial charge in [-0.25, -0.2) is 0 Å². The minimum absolute atomic E-state index is 0.000322. The Hall–Kier alpha value is -4.10. The lowest BCUT2D eigenvalue weighted by molar-refractivity contribution is 0.630. The van der Waals surface area contributed by atoms with E-state index in [4.69, 9.17) is 0 Å². The highest BCUT2D eigenvalue weighted by Crippen LogP contribution is 2.53. The first-order valence-electron chi connectivity index (χ1n) is 14.1. The van der Waals surface area contributed by atoms with Crippen LogP contribution >= 0.6 is 0 Å². The molecular formula is C38H33N. The Labute approximate surface area is 230 Å². The summed E-state index contributed by atoms with van der Waals surface area (Å²) in [5.41, 5.74) is 17.5. The van der Waals surface area contributed by atoms with Crippen LogP contribution in [0.25, 0.3) is 49.7 Å². The van der Waals surface area contributed by atoms with Crippen molar-refractivity contribution < 1.29 is 0 Å². The van der Waals surface area contributed by atoms with Gasteiger partial charge in [-0.3, -0.25) is 0 Å². The summed E-state index contributed by atoms with van der Waals surface area (Å²) in [5.74, 6) is 0. The predicted molar refractivity (Wildman–Crippen MR) is 165 cm³/mol. The van der Waals surface area contributed by atoms with Crippen molar-refractivity contribution in [3.05, 3.63) is 124 Å². The van der Waals surface area contributed by atoms with Gasteiger partial charge in [-0.1, -0.05) is 99.5 Å². The maximum Gasteiger partial charge on any atom is 0.0582 e. The molecule has 1 aliphatic heterocycles. The van der Waals surface area contributed by atoms with Gasteiger partial charge in [0, 0.05) is 21.6 Å². The summed E-state index contributed by atoms with van der Waals surface area (Å²) in [7, 11) is 0. The van der Waals surface area contributed by atoms with Crippen LogP contribution in [0.2, 0.25) is 0 Å². The fraction of sp³-hybridized carbons (Fsp3) is 0.211. The van der Waals surface area contributed by atoms with Gasteiger partial charge in [-0.05, 0) is 88.7 Å². The molecule has 0 fully saturated rings. The minimum Gasteiger partial charge on any atom is -0.309 e. The topological polar surface area (TPSA) is 4.93 Å². The lowest BCUT2D eigenvalue weighted by atomic mass is 9.73. The van der Waals surface area contributed by atoms with Gasteiger partial charge in [0.15, 0.2) is 0 Å². The molecule has 1 aliphatic carbocycles. The lowest BCUT2D eigenvalue weighted by Crippen LogP contribution is -2.26. The Morgan fingerprint density at radius 2 is 1.26 bits per heavy atom. The van der Waals surface area contributed by atoms with Gasteiger partial charge < -0.3 is 4.57 Å². The van der Waals surface area contributed by atoms with Crippen molar-refractivity contribution in [3.63, 3.8) is 0 Å². The van der Waals surface area contributed by atoms with Crippen LogP contribution in [0.3, 0.4) is 0 Å². The second-order valence-electron chi connectivity index (χ2n) is 12.8. The van der Waals surface area contributed by atoms with Crippen molar-refractivity contribution in [3.8, 4) is 27.9 Å². The SMILES string of the molecule is Cc1ccc2c(c1)c1cc(C)cc3c1n2-c1ccc(-c2cccc4c2-c2ccccc2C4(C)C)cc1C3(C)C. The van der Waals surface area contributed by atoms with E-state index in [2.05, 4.69) is 137 Å². The first-order valence-corrected chi connectivity index (χ1v) is 14.1. The molecule has 5 aromatic carbocycles. The van der Waals surface area contributed by atoms with E-state index in [0.29, 0.717) is 0 Å². The van der Waals surface area contributed by atoms with E-state index in [0.717, 1.165) is 0 Å². The van der Waals surface area contributed by atoms with Gasteiger partial charge in [-0.2, -0.15) is 0 Å². The molecule has 0 atom stereocenters. The molecule has 2 heterocycles. The largest absolute Gasteiger partial charge is 0.309 e. The van der Waals surface area contributed by atoms with Crippen molar-refractivity contribution in [1.29, 1.82) is 0 Å². The Morgan fingerprint density at radius 1 is 0.538 bits per heavy atom. The first kappa shape index (κ1) is 22.8. The summed E-state index contributed by atoms with van der Waals surface area (Å²) in [6, 6.07) is 34.8. The van der Waals surface area contributed by atoms with Crippen LogP contribution in [0.5, 0.6) is 0 Å². The Bertz CT molecular complexity index is 2030. The summed E-state index contributed by atoms with van der Waals surface area (Å²) in [6.07, 6.45) is 0. The van der Waals surface area contributed by atoms with Crippen molar-refractivity contribution in [2.75, 3.05) is 0 Å². The summed E-state index contributed by atoms with van der Waals surface area (Å²) >= 11 is 0. The molecule has 0 amide bonds. The molecule has 1 aromatic heterocycles. The molecule has 0 spiro atoms. The van der Waals surface area contributed by atoms with Crippen molar-refractivity contribution in [2.24, 2.45) is 0 Å². The van der Waals surface area contributed by atoms with E-state index in [1.165, 1.54) is 83.1 Å². The number of aryl methyl sites for hydroxylation is 2. The van der Waals surface area contributed by atoms with Gasteiger partial charge in [0.25, 0.3) is 0 Å². The van der Waals surface area contributed by atoms with Crippen LogP contribution in [0.15, 0.2) is 91.0 Å². The van der Waals surface area contributed by atoms with E-state index < -0.39 is 0 Å². The number of hydrogen-bond acceptors (Lipinski definition) is 0. The zero-order valence-electron chi connectivity index (χ0n) is 23.6. The van der Waals surface area contributed by atoms with Gasteiger partial charge in [-0.15, -0.1) is 0 Å². The molecule has 1 nitrogen and oxygen atoms in total. The van der Waals surface area contributed by atoms with Gasteiger partial charge in [0.05, 0.1) is 16.7 Å². The molecule has 0 saturated heterocycles. The molecule has 8 rings (SSSR count). The second-order valence-corrected chi connectivity index (χ2v) is 12.8. The summed E-state index contributed by atoms with van der Waals surface area (Å²) < 4.78 is 2.52. The summed E-state index contributed by atoms with van der Waals surface area (Å²) in [5, 5.41) is 2.72. The molecule has 0 N–H and O–H groups in total. The highest BCUT2D eigenvalue weighted by molar-refractivity contribution is 6.12. The molecule has 39 heavy (non-hydrogen) atoms. The van der Waals surface area contributed by atoms with E-state index in [-0.39, 0.29) is 10.8 Å². The van der Waals surface area contributed by atoms with Crippen LogP contribution < -0.4 is 0 Å². The molecule has 0 saturated carbocycles. The summed E-state index contributed by atoms with van der Waals surface area (Å²) in [6.45, 7) is 14.0. The smallest absolute Gasteiger partial charge is 0.0582 e. The fourth-order valence-electron chi connectivity index (χ4n) is 7.67. The van der Waals surface area contributed by atoms with E-state index >= 15 is 0 Å². The average molecular weight is 504 g/mol. The number of aromatic nitrogens is 1. The molecule has 1 heteroatoms. The van der Waals surface area contributed by atoms with Gasteiger partial charge >= 0.3 is 0 Å². The Kier molecular flexibility index (Phi) is 4.28. The lowest BCUT2D eigenvalue weighted by Gasteiger charge is -2.35. The van der Waals surface area contributed by atoms with E-state index in [1.54, 1.807) is 0 Å².